The molecule has 24 heavy (non-hydrogen) atoms. The summed E-state index contributed by atoms with van der Waals surface area (Å²) in [7, 11) is 1.85. The van der Waals surface area contributed by atoms with E-state index in [4.69, 9.17) is 10.8 Å². The first kappa shape index (κ1) is 15.7. The molecular weight excluding hydrogens is 312 g/mol. The lowest BCUT2D eigenvalue weighted by atomic mass is 10.1. The van der Waals surface area contributed by atoms with Gasteiger partial charge in [-0.2, -0.15) is 9.97 Å². The summed E-state index contributed by atoms with van der Waals surface area (Å²) in [5.41, 5.74) is 7.10. The molecule has 1 aromatic heterocycles. The van der Waals surface area contributed by atoms with Crippen LogP contribution in [0, 0.1) is 0 Å². The van der Waals surface area contributed by atoms with E-state index in [9.17, 15) is 9.90 Å². The minimum atomic E-state index is -0.955. The number of aromatic carboxylic acids is 1. The van der Waals surface area contributed by atoms with Crippen molar-refractivity contribution in [2.75, 3.05) is 41.4 Å². The Bertz CT molecular complexity index is 765. The molecule has 2 heterocycles. The first-order chi connectivity index (χ1) is 11.5. The van der Waals surface area contributed by atoms with E-state index in [2.05, 4.69) is 20.6 Å². The molecule has 0 saturated carbocycles. The number of aromatic hydroxyl groups is 1. The van der Waals surface area contributed by atoms with Gasteiger partial charge >= 0.3 is 5.97 Å². The predicted octanol–water partition coefficient (Wildman–Crippen LogP) is 0.805. The Labute approximate surface area is 138 Å². The molecule has 0 radical (unpaired) electrons. The Balaban J connectivity index is 1.69. The molecule has 0 aliphatic carbocycles. The van der Waals surface area contributed by atoms with Crippen molar-refractivity contribution in [2.45, 2.75) is 6.04 Å². The van der Waals surface area contributed by atoms with Crippen molar-refractivity contribution >= 4 is 29.1 Å². The molecule has 126 valence electrons. The molecule has 0 bridgehead atoms. The third-order valence-electron chi connectivity index (χ3n) is 3.96. The molecule has 0 saturated heterocycles. The topological polar surface area (TPSA) is 137 Å². The van der Waals surface area contributed by atoms with Crippen LogP contribution in [-0.2, 0) is 0 Å². The molecule has 3 rings (SSSR count). The number of carbonyl (C=O) groups is 1. The number of fused-ring (bicyclic) bond motifs is 1. The van der Waals surface area contributed by atoms with Gasteiger partial charge in [-0.25, -0.2) is 4.79 Å². The van der Waals surface area contributed by atoms with E-state index >= 15 is 0 Å². The Morgan fingerprint density at radius 3 is 2.79 bits per heavy atom. The summed E-state index contributed by atoms with van der Waals surface area (Å²) in [4.78, 5) is 20.6. The average molecular weight is 330 g/mol. The molecule has 0 amide bonds. The second kappa shape index (κ2) is 6.11. The summed E-state index contributed by atoms with van der Waals surface area (Å²) >= 11 is 0. The summed E-state index contributed by atoms with van der Waals surface area (Å²) in [5, 5.41) is 25.3. The highest BCUT2D eigenvalue weighted by Crippen LogP contribution is 2.36. The van der Waals surface area contributed by atoms with Gasteiger partial charge in [-0.3, -0.25) is 0 Å². The fraction of sp³-hybridized carbons (Fsp3) is 0.267. The van der Waals surface area contributed by atoms with E-state index in [1.165, 1.54) is 0 Å². The normalized spacial score (nSPS) is 16.2. The zero-order valence-corrected chi connectivity index (χ0v) is 13.0. The van der Waals surface area contributed by atoms with Crippen molar-refractivity contribution in [1.82, 2.24) is 9.97 Å². The SMILES string of the molecule is CN1c2c(O)nc(N)nc2NCC1CNc1ccc(C(=O)O)cc1. The van der Waals surface area contributed by atoms with Gasteiger partial charge in [0.25, 0.3) is 0 Å². The largest absolute Gasteiger partial charge is 0.492 e. The molecule has 0 spiro atoms. The van der Waals surface area contributed by atoms with E-state index in [-0.39, 0.29) is 23.4 Å². The Hall–Kier alpha value is -3.23. The Morgan fingerprint density at radius 1 is 1.42 bits per heavy atom. The average Bonchev–Trinajstić information content (AvgIpc) is 2.54. The molecule has 1 aliphatic rings. The summed E-state index contributed by atoms with van der Waals surface area (Å²) in [6, 6.07) is 6.56. The zero-order chi connectivity index (χ0) is 17.3. The summed E-state index contributed by atoms with van der Waals surface area (Å²) in [5.74, 6) is -0.598. The van der Waals surface area contributed by atoms with Crippen molar-refractivity contribution in [3.8, 4) is 5.88 Å². The number of carboxylic acid groups (broad SMARTS) is 1. The van der Waals surface area contributed by atoms with Crippen LogP contribution in [0.1, 0.15) is 10.4 Å². The zero-order valence-electron chi connectivity index (χ0n) is 13.0. The van der Waals surface area contributed by atoms with Gasteiger partial charge in [0.1, 0.15) is 5.69 Å². The number of aromatic nitrogens is 2. The predicted molar refractivity (Wildman–Crippen MR) is 90.7 cm³/mol. The van der Waals surface area contributed by atoms with Crippen molar-refractivity contribution in [1.29, 1.82) is 0 Å². The third kappa shape index (κ3) is 2.96. The van der Waals surface area contributed by atoms with Crippen molar-refractivity contribution in [3.63, 3.8) is 0 Å². The molecule has 1 atom stereocenters. The number of nitrogens with one attached hydrogen (secondary N) is 2. The van der Waals surface area contributed by atoms with Crippen molar-refractivity contribution in [3.05, 3.63) is 29.8 Å². The summed E-state index contributed by atoms with van der Waals surface area (Å²) < 4.78 is 0. The van der Waals surface area contributed by atoms with Crippen LogP contribution >= 0.6 is 0 Å². The smallest absolute Gasteiger partial charge is 0.335 e. The monoisotopic (exact) mass is 330 g/mol. The van der Waals surface area contributed by atoms with E-state index in [0.29, 0.717) is 24.6 Å². The van der Waals surface area contributed by atoms with E-state index in [0.717, 1.165) is 5.69 Å². The lowest BCUT2D eigenvalue weighted by molar-refractivity contribution is 0.0697. The number of benzene rings is 1. The van der Waals surface area contributed by atoms with Crippen LogP contribution in [0.2, 0.25) is 0 Å². The molecule has 9 nitrogen and oxygen atoms in total. The summed E-state index contributed by atoms with van der Waals surface area (Å²) in [6.45, 7) is 1.19. The fourth-order valence-electron chi connectivity index (χ4n) is 2.62. The number of rotatable bonds is 4. The molecule has 1 aliphatic heterocycles. The number of nitrogens with two attached hydrogens (primary N) is 1. The maximum atomic E-state index is 10.9. The van der Waals surface area contributed by atoms with E-state index in [1.807, 2.05) is 11.9 Å². The Morgan fingerprint density at radius 2 is 2.12 bits per heavy atom. The lowest BCUT2D eigenvalue weighted by Gasteiger charge is -2.36. The number of hydrogen-bond donors (Lipinski definition) is 5. The van der Waals surface area contributed by atoms with Gasteiger partial charge in [0.2, 0.25) is 11.8 Å². The highest BCUT2D eigenvalue weighted by atomic mass is 16.4. The molecular formula is C15H18N6O3. The molecule has 1 aromatic carbocycles. The van der Waals surface area contributed by atoms with Crippen LogP contribution in [0.3, 0.4) is 0 Å². The van der Waals surface area contributed by atoms with Crippen LogP contribution in [-0.4, -0.2) is 52.3 Å². The van der Waals surface area contributed by atoms with Crippen LogP contribution in [0.15, 0.2) is 24.3 Å². The fourth-order valence-corrected chi connectivity index (χ4v) is 2.62. The van der Waals surface area contributed by atoms with Crippen LogP contribution in [0.5, 0.6) is 5.88 Å². The lowest BCUT2D eigenvalue weighted by Crippen LogP contribution is -2.46. The maximum absolute atomic E-state index is 10.9. The van der Waals surface area contributed by atoms with Gasteiger partial charge in [-0.05, 0) is 24.3 Å². The molecule has 9 heteroatoms. The second-order valence-corrected chi connectivity index (χ2v) is 5.51. The van der Waals surface area contributed by atoms with Gasteiger partial charge in [0.15, 0.2) is 5.82 Å². The van der Waals surface area contributed by atoms with Crippen LogP contribution < -0.4 is 21.3 Å². The number of nitrogens with zero attached hydrogens (tertiary/aromatic N) is 3. The van der Waals surface area contributed by atoms with Gasteiger partial charge in [0.05, 0.1) is 11.6 Å². The molecule has 0 fully saturated rings. The van der Waals surface area contributed by atoms with Crippen molar-refractivity contribution < 1.29 is 15.0 Å². The van der Waals surface area contributed by atoms with E-state index < -0.39 is 5.97 Å². The highest BCUT2D eigenvalue weighted by Gasteiger charge is 2.28. The van der Waals surface area contributed by atoms with E-state index in [1.54, 1.807) is 24.3 Å². The number of nitrogen functional groups attached to an aromatic ring is 1. The van der Waals surface area contributed by atoms with Gasteiger partial charge in [-0.15, -0.1) is 0 Å². The second-order valence-electron chi connectivity index (χ2n) is 5.51. The van der Waals surface area contributed by atoms with Gasteiger partial charge in [-0.1, -0.05) is 0 Å². The molecule has 6 N–H and O–H groups in total. The number of hydrogen-bond acceptors (Lipinski definition) is 8. The third-order valence-corrected chi connectivity index (χ3v) is 3.96. The first-order valence-electron chi connectivity index (χ1n) is 7.36. The highest BCUT2D eigenvalue weighted by molar-refractivity contribution is 5.88. The number of carboxylic acids is 1. The number of likely N-dealkylation sites (N-methyl/N-ethyl adjacent to an activating group) is 1. The first-order valence-corrected chi connectivity index (χ1v) is 7.36. The quantitative estimate of drug-likeness (QED) is 0.551. The van der Waals surface area contributed by atoms with Crippen LogP contribution in [0.25, 0.3) is 0 Å². The maximum Gasteiger partial charge on any atom is 0.335 e. The number of anilines is 4. The van der Waals surface area contributed by atoms with Gasteiger partial charge in [0, 0.05) is 25.8 Å². The molecule has 1 unspecified atom stereocenters. The van der Waals surface area contributed by atoms with Crippen molar-refractivity contribution in [2.24, 2.45) is 0 Å². The van der Waals surface area contributed by atoms with Gasteiger partial charge < -0.3 is 31.5 Å². The van der Waals surface area contributed by atoms with Crippen LogP contribution in [0.4, 0.5) is 23.1 Å². The Kier molecular flexibility index (Phi) is 3.98. The minimum absolute atomic E-state index is 0.0160. The standard InChI is InChI=1S/C15H18N6O3/c1-21-10(6-17-9-4-2-8(3-5-9)14(23)24)7-18-12-11(21)13(22)20-15(16)19-12/h2-5,10,17H,6-7H2,1H3,(H,23,24)(H4,16,18,19,20,22). The minimum Gasteiger partial charge on any atom is -0.492 e. The molecule has 2 aromatic rings. The summed E-state index contributed by atoms with van der Waals surface area (Å²) in [6.07, 6.45) is 0.